The molecule has 0 aromatic heterocycles. The molecule has 0 aliphatic carbocycles. The normalized spacial score (nSPS) is 25.4. The number of nitrogens with one attached hydrogen (secondary N) is 3. The van der Waals surface area contributed by atoms with Gasteiger partial charge in [0.15, 0.2) is 17.3 Å². The molecule has 1 heterocycles. The van der Waals surface area contributed by atoms with Gasteiger partial charge < -0.3 is 45.4 Å². The quantitative estimate of drug-likeness (QED) is 0.0622. The summed E-state index contributed by atoms with van der Waals surface area (Å²) >= 11 is 0. The summed E-state index contributed by atoms with van der Waals surface area (Å²) in [6.45, 7) is 31.0. The van der Waals surface area contributed by atoms with Crippen LogP contribution in [0.1, 0.15) is 207 Å². The minimum Gasteiger partial charge on any atom is -0.453 e. The summed E-state index contributed by atoms with van der Waals surface area (Å²) in [4.78, 5) is 180. The molecule has 1 aliphatic rings. The van der Waals surface area contributed by atoms with E-state index in [-0.39, 0.29) is 87.2 Å². The number of amides is 7. The molecular weight excluding hydrogens is 1300 g/mol. The van der Waals surface area contributed by atoms with Gasteiger partial charge in [-0.15, -0.1) is 0 Å². The van der Waals surface area contributed by atoms with Crippen molar-refractivity contribution in [1.29, 1.82) is 0 Å². The van der Waals surface area contributed by atoms with Crippen LogP contribution < -0.4 is 16.0 Å². The maximum absolute atomic E-state index is 15.1. The van der Waals surface area contributed by atoms with E-state index in [0.29, 0.717) is 19.3 Å². The van der Waals surface area contributed by atoms with Crippen molar-refractivity contribution in [2.24, 2.45) is 70.5 Å². The summed E-state index contributed by atoms with van der Waals surface area (Å²) in [5.41, 5.74) is -0.283. The Kier molecular flexibility index (Phi) is 36.7. The van der Waals surface area contributed by atoms with Crippen molar-refractivity contribution < 1.29 is 80.0 Å². The molecule has 24 nitrogen and oxygen atoms in total. The molecule has 1 fully saturated rings. The fourth-order valence-electron chi connectivity index (χ4n) is 13.4. The molecule has 100 heavy (non-hydrogen) atoms. The van der Waals surface area contributed by atoms with E-state index >= 15 is 14.4 Å². The second-order valence-corrected chi connectivity index (χ2v) is 32.7. The van der Waals surface area contributed by atoms with Crippen LogP contribution in [0.15, 0.2) is 29.2 Å². The van der Waals surface area contributed by atoms with Gasteiger partial charge in [0.2, 0.25) is 35.4 Å². The third kappa shape index (κ3) is 27.0. The molecule has 0 unspecified atom stereocenters. The molecule has 0 spiro atoms. The number of unbranched alkanes of at least 4 members (excludes halogenated alkanes) is 2. The van der Waals surface area contributed by atoms with Crippen LogP contribution >= 0.6 is 0 Å². The molecule has 568 valence electrons. The lowest BCUT2D eigenvalue weighted by Gasteiger charge is -2.38. The monoisotopic (exact) mass is 1430 g/mol. The summed E-state index contributed by atoms with van der Waals surface area (Å²) in [6, 6.07) is -1.40. The van der Waals surface area contributed by atoms with Crippen molar-refractivity contribution in [3.8, 4) is 0 Å². The molecule has 1 saturated heterocycles. The van der Waals surface area contributed by atoms with E-state index < -0.39 is 189 Å². The van der Waals surface area contributed by atoms with Gasteiger partial charge in [0.05, 0.1) is 42.8 Å². The van der Waals surface area contributed by atoms with E-state index in [9.17, 15) is 56.7 Å². The summed E-state index contributed by atoms with van der Waals surface area (Å²) in [7, 11) is 2.99. The second kappa shape index (κ2) is 41.0. The first-order chi connectivity index (χ1) is 46.3. The highest BCUT2D eigenvalue weighted by Gasteiger charge is 2.45. The first kappa shape index (κ1) is 89.6. The van der Waals surface area contributed by atoms with Crippen molar-refractivity contribution in [3.63, 3.8) is 0 Å². The zero-order valence-electron chi connectivity index (χ0n) is 64.5. The number of Topliss-reactive ketones (excluding diaryl/α,β-unsaturated/α-hetero) is 5. The highest BCUT2D eigenvalue weighted by Crippen LogP contribution is 2.37. The summed E-state index contributed by atoms with van der Waals surface area (Å²) < 4.78 is 36.0. The number of likely N-dealkylation sites (N-methyl/N-ethyl adjacent to an activating group) is 3. The van der Waals surface area contributed by atoms with Crippen LogP contribution in [-0.4, -0.2) is 194 Å². The molecule has 0 saturated carbocycles. The molecule has 13 atom stereocenters. The fraction of sp³-hybridized carbons (Fsp3) is 0.760. The van der Waals surface area contributed by atoms with Gasteiger partial charge in [0.1, 0.15) is 29.7 Å². The zero-order chi connectivity index (χ0) is 76.8. The molecule has 1 aromatic carbocycles. The molecule has 7 amide bonds. The molecule has 0 bridgehead atoms. The smallest absolute Gasteiger partial charge is 0.409 e. The Morgan fingerprint density at radius 2 is 1.15 bits per heavy atom. The second-order valence-electron chi connectivity index (χ2n) is 31.1. The predicted octanol–water partition coefficient (Wildman–Crippen LogP) is 8.73. The standard InChI is InChI=1S/C75H125N7O17S/c1-24-57-62(85)37-50(14)60(83)41-56(75(17,18)42-79(19)74(95)98-23)61(84)40-55(46(8)9)73(94)81(21)58(35-44(4)5)63(86)38-51(15)68(89)76-52(16)71(92)80(20)59(36-45(6)7)64(87)39-53(34-43(2)3)72(93)82(22)66(47(10)11)70(91)78-65(69(90)77-57)67(88)49(13)28-26-25-27-33-99-100(96,97)54-31-29-48(12)30-32-54/h29-32,43-47,49-53,55-59,65-67,88H,24-28,33-42H2,1-23H3,(H,76,89)(H,77,90)(H,78,91)/t49-,50+,51-,52-,53-,55+,56-,57+,58+,59+,65+,66+,67-/m1/s1. The number of hydrogen-bond donors (Lipinski definition) is 4. The highest BCUT2D eigenvalue weighted by atomic mass is 32.2. The summed E-state index contributed by atoms with van der Waals surface area (Å²) in [5.74, 6) is -14.1. The van der Waals surface area contributed by atoms with E-state index in [1.807, 2.05) is 48.5 Å². The van der Waals surface area contributed by atoms with Crippen molar-refractivity contribution >= 4 is 80.6 Å². The maximum atomic E-state index is 15.1. The third-order valence-corrected chi connectivity index (χ3v) is 20.9. The summed E-state index contributed by atoms with van der Waals surface area (Å²) in [5, 5.41) is 20.5. The number of carbonyl (C=O) groups is 12. The van der Waals surface area contributed by atoms with E-state index in [1.165, 1.54) is 87.8 Å². The Labute approximate surface area is 597 Å². The number of ketones is 5. The van der Waals surface area contributed by atoms with Crippen molar-refractivity contribution in [2.45, 2.75) is 255 Å². The Balaban J connectivity index is 2.92. The number of benzene rings is 1. The van der Waals surface area contributed by atoms with E-state index in [1.54, 1.807) is 67.5 Å². The topological polar surface area (TPSA) is 327 Å². The van der Waals surface area contributed by atoms with Crippen LogP contribution in [0.2, 0.25) is 0 Å². The van der Waals surface area contributed by atoms with Gasteiger partial charge in [0, 0.05) is 96.4 Å². The van der Waals surface area contributed by atoms with Crippen molar-refractivity contribution in [3.05, 3.63) is 29.8 Å². The first-order valence-corrected chi connectivity index (χ1v) is 37.4. The fourth-order valence-corrected chi connectivity index (χ4v) is 14.3. The Bertz CT molecular complexity index is 3060. The number of carbonyl (C=O) groups excluding carboxylic acids is 12. The van der Waals surface area contributed by atoms with Gasteiger partial charge in [-0.2, -0.15) is 8.42 Å². The van der Waals surface area contributed by atoms with Crippen LogP contribution in [0.4, 0.5) is 4.79 Å². The van der Waals surface area contributed by atoms with Gasteiger partial charge in [-0.05, 0) is 105 Å². The Morgan fingerprint density at radius 1 is 0.620 bits per heavy atom. The Hall–Kier alpha value is -6.47. The molecule has 0 radical (unpaired) electrons. The molecule has 4 N–H and O–H groups in total. The lowest BCUT2D eigenvalue weighted by molar-refractivity contribution is -0.148. The van der Waals surface area contributed by atoms with E-state index in [4.69, 9.17) is 8.92 Å². The number of aliphatic hydroxyl groups excluding tert-OH is 1. The Morgan fingerprint density at radius 3 is 1.66 bits per heavy atom. The molecule has 2 rings (SSSR count). The third-order valence-electron chi connectivity index (χ3n) is 19.6. The average molecular weight is 1430 g/mol. The van der Waals surface area contributed by atoms with Crippen LogP contribution in [0.3, 0.4) is 0 Å². The molecular formula is C75H125N7O17S. The number of ether oxygens (including phenoxy) is 1. The number of hydrogen-bond acceptors (Lipinski definition) is 17. The molecule has 1 aromatic rings. The number of aliphatic hydroxyl groups is 1. The number of aryl methyl sites for hydroxylation is 1. The zero-order valence-corrected chi connectivity index (χ0v) is 65.3. The predicted molar refractivity (Wildman–Crippen MR) is 383 cm³/mol. The minimum absolute atomic E-state index is 0.00689. The van der Waals surface area contributed by atoms with Gasteiger partial charge in [0.25, 0.3) is 10.1 Å². The average Bonchev–Trinajstić information content (AvgIpc) is 0.819. The minimum atomic E-state index is -4.03. The van der Waals surface area contributed by atoms with Gasteiger partial charge >= 0.3 is 6.09 Å². The van der Waals surface area contributed by atoms with Gasteiger partial charge in [-0.1, -0.05) is 141 Å². The lowest BCUT2D eigenvalue weighted by Crippen LogP contribution is -2.61. The largest absolute Gasteiger partial charge is 0.453 e. The molecule has 25 heteroatoms. The van der Waals surface area contributed by atoms with Gasteiger partial charge in [-0.3, -0.25) is 56.9 Å². The van der Waals surface area contributed by atoms with Crippen molar-refractivity contribution in [2.75, 3.05) is 48.5 Å². The first-order valence-electron chi connectivity index (χ1n) is 36.0. The van der Waals surface area contributed by atoms with E-state index in [0.717, 1.165) is 5.56 Å². The van der Waals surface area contributed by atoms with Crippen LogP contribution in [0, 0.1) is 77.4 Å². The van der Waals surface area contributed by atoms with Crippen LogP contribution in [0.25, 0.3) is 0 Å². The number of rotatable bonds is 22. The van der Waals surface area contributed by atoms with Gasteiger partial charge in [-0.25, -0.2) is 4.79 Å². The van der Waals surface area contributed by atoms with Crippen LogP contribution in [-0.2, 0) is 71.8 Å². The van der Waals surface area contributed by atoms with E-state index in [2.05, 4.69) is 16.0 Å². The molecule has 1 aliphatic heterocycles. The lowest BCUT2D eigenvalue weighted by atomic mass is 9.70. The summed E-state index contributed by atoms with van der Waals surface area (Å²) in [6.07, 6.45) is -2.21. The van der Waals surface area contributed by atoms with Crippen molar-refractivity contribution in [1.82, 2.24) is 35.6 Å². The number of nitrogens with zero attached hydrogens (tertiary/aromatic N) is 4. The maximum Gasteiger partial charge on any atom is 0.409 e. The number of methoxy groups -OCH3 is 1. The van der Waals surface area contributed by atoms with Crippen LogP contribution in [0.5, 0.6) is 0 Å². The highest BCUT2D eigenvalue weighted by molar-refractivity contribution is 7.86. The SMILES string of the molecule is CC[C@@H]1NC(=O)[C@H]([C@H](O)[C@H](C)CCCCCOS(=O)(=O)c2ccc(C)cc2)NC(=O)[C@H](C(C)C)N(C)C(=O)[C@H](CC(C)C)CC(=O)[C@H](CC(C)C)N(C)C(=O)[C@@H](C)NC(=O)[C@H](C)CC(=O)[C@H](CC(C)C)N(C)C(=O)[C@H](C(C)C)CC(=O)[C@H](C(C)(C)CN(C)C(=O)OC)CC(=O)[C@@H](C)CC1=O.